The summed E-state index contributed by atoms with van der Waals surface area (Å²) in [5.41, 5.74) is 3.37. The summed E-state index contributed by atoms with van der Waals surface area (Å²) in [5.74, 6) is -0.116. The van der Waals surface area contributed by atoms with E-state index in [1.54, 1.807) is 12.1 Å². The molecule has 0 N–H and O–H groups in total. The van der Waals surface area contributed by atoms with E-state index in [2.05, 4.69) is 0 Å². The Morgan fingerprint density at radius 3 is 1.58 bits per heavy atom. The van der Waals surface area contributed by atoms with Gasteiger partial charge in [0.25, 0.3) is 0 Å². The second-order valence-corrected chi connectivity index (χ2v) is 6.45. The summed E-state index contributed by atoms with van der Waals surface area (Å²) in [6.45, 7) is 0. The molecule has 0 aliphatic carbocycles. The van der Waals surface area contributed by atoms with Gasteiger partial charge in [-0.2, -0.15) is 13.2 Å². The van der Waals surface area contributed by atoms with E-state index in [0.717, 1.165) is 34.5 Å². The minimum Gasteiger partial charge on any atom is -0.378 e. The highest BCUT2D eigenvalue weighted by Crippen LogP contribution is 2.35. The third-order valence-corrected chi connectivity index (χ3v) is 4.45. The first-order valence-electron chi connectivity index (χ1n) is 8.35. The van der Waals surface area contributed by atoms with Crippen LogP contribution in [0.5, 0.6) is 0 Å². The van der Waals surface area contributed by atoms with Crippen molar-refractivity contribution in [1.29, 1.82) is 0 Å². The van der Waals surface area contributed by atoms with Gasteiger partial charge in [0.1, 0.15) is 0 Å². The van der Waals surface area contributed by atoms with Gasteiger partial charge >= 0.3 is 6.18 Å². The monoisotopic (exact) mass is 355 g/mol. The lowest BCUT2D eigenvalue weighted by atomic mass is 9.85. The van der Waals surface area contributed by atoms with Crippen molar-refractivity contribution in [2.75, 3.05) is 19.0 Å². The van der Waals surface area contributed by atoms with Crippen LogP contribution in [0.15, 0.2) is 78.9 Å². The maximum absolute atomic E-state index is 12.9. The van der Waals surface area contributed by atoms with Crippen LogP contribution < -0.4 is 4.90 Å². The predicted octanol–water partition coefficient (Wildman–Crippen LogP) is 5.95. The first-order chi connectivity index (χ1) is 12.4. The van der Waals surface area contributed by atoms with Crippen molar-refractivity contribution in [2.24, 2.45) is 0 Å². The molecule has 0 saturated carbocycles. The van der Waals surface area contributed by atoms with Crippen LogP contribution in [-0.2, 0) is 6.18 Å². The van der Waals surface area contributed by atoms with Crippen LogP contribution in [0.2, 0.25) is 0 Å². The molecule has 0 saturated heterocycles. The molecule has 134 valence electrons. The van der Waals surface area contributed by atoms with E-state index in [4.69, 9.17) is 0 Å². The molecule has 1 unspecified atom stereocenters. The lowest BCUT2D eigenvalue weighted by Gasteiger charge is -2.21. The summed E-state index contributed by atoms with van der Waals surface area (Å²) >= 11 is 0. The van der Waals surface area contributed by atoms with Crippen LogP contribution in [0, 0.1) is 0 Å². The van der Waals surface area contributed by atoms with Gasteiger partial charge in [0.15, 0.2) is 0 Å². The Bertz CT molecular complexity index is 835. The van der Waals surface area contributed by atoms with E-state index < -0.39 is 11.7 Å². The van der Waals surface area contributed by atoms with Crippen LogP contribution in [0.3, 0.4) is 0 Å². The second-order valence-electron chi connectivity index (χ2n) is 6.45. The average molecular weight is 355 g/mol. The smallest absolute Gasteiger partial charge is 0.378 e. The molecule has 0 aliphatic rings. The Balaban J connectivity index is 2.04. The molecule has 0 heterocycles. The Kier molecular flexibility index (Phi) is 5.03. The third kappa shape index (κ3) is 3.90. The van der Waals surface area contributed by atoms with E-state index in [0.29, 0.717) is 0 Å². The lowest BCUT2D eigenvalue weighted by molar-refractivity contribution is -0.137. The Labute approximate surface area is 151 Å². The van der Waals surface area contributed by atoms with Gasteiger partial charge in [0.2, 0.25) is 0 Å². The highest BCUT2D eigenvalue weighted by atomic mass is 19.4. The zero-order chi connectivity index (χ0) is 18.7. The van der Waals surface area contributed by atoms with E-state index in [1.165, 1.54) is 0 Å². The minimum atomic E-state index is -4.33. The van der Waals surface area contributed by atoms with E-state index in [-0.39, 0.29) is 5.92 Å². The molecule has 0 fully saturated rings. The van der Waals surface area contributed by atoms with Gasteiger partial charge in [-0.15, -0.1) is 0 Å². The predicted molar refractivity (Wildman–Crippen MR) is 99.6 cm³/mol. The Morgan fingerprint density at radius 1 is 0.654 bits per heavy atom. The summed E-state index contributed by atoms with van der Waals surface area (Å²) in [6.07, 6.45) is -4.33. The Morgan fingerprint density at radius 2 is 1.12 bits per heavy atom. The van der Waals surface area contributed by atoms with Gasteiger partial charge < -0.3 is 4.90 Å². The number of nitrogens with zero attached hydrogens (tertiary/aromatic N) is 1. The van der Waals surface area contributed by atoms with Crippen LogP contribution in [0.25, 0.3) is 0 Å². The van der Waals surface area contributed by atoms with Gasteiger partial charge in [-0.05, 0) is 41.0 Å². The molecule has 4 heteroatoms. The van der Waals surface area contributed by atoms with E-state index in [9.17, 15) is 13.2 Å². The molecule has 26 heavy (non-hydrogen) atoms. The van der Waals surface area contributed by atoms with Gasteiger partial charge in [0, 0.05) is 25.7 Å². The van der Waals surface area contributed by atoms with Crippen molar-refractivity contribution in [1.82, 2.24) is 0 Å². The van der Waals surface area contributed by atoms with Crippen molar-refractivity contribution in [3.05, 3.63) is 101 Å². The van der Waals surface area contributed by atoms with Crippen molar-refractivity contribution < 1.29 is 13.2 Å². The SMILES string of the molecule is CN(C)c1ccc(C(c2ccccc2)c2ccc(C(F)(F)F)cc2)cc1. The molecular formula is C22H20F3N. The first kappa shape index (κ1) is 18.1. The molecule has 0 bridgehead atoms. The van der Waals surface area contributed by atoms with Gasteiger partial charge in [-0.3, -0.25) is 0 Å². The fraction of sp³-hybridized carbons (Fsp3) is 0.182. The zero-order valence-electron chi connectivity index (χ0n) is 14.7. The number of halogens is 3. The first-order valence-corrected chi connectivity index (χ1v) is 8.35. The number of anilines is 1. The number of hydrogen-bond acceptors (Lipinski definition) is 1. The van der Waals surface area contributed by atoms with Crippen molar-refractivity contribution >= 4 is 5.69 Å². The molecule has 0 aliphatic heterocycles. The summed E-state index contributed by atoms with van der Waals surface area (Å²) < 4.78 is 38.6. The largest absolute Gasteiger partial charge is 0.416 e. The fourth-order valence-corrected chi connectivity index (χ4v) is 3.05. The lowest BCUT2D eigenvalue weighted by Crippen LogP contribution is -2.09. The molecule has 3 rings (SSSR count). The number of hydrogen-bond donors (Lipinski definition) is 0. The van der Waals surface area contributed by atoms with Crippen LogP contribution in [0.1, 0.15) is 28.2 Å². The fourth-order valence-electron chi connectivity index (χ4n) is 3.05. The molecule has 0 amide bonds. The summed E-state index contributed by atoms with van der Waals surface area (Å²) in [7, 11) is 3.94. The molecule has 0 spiro atoms. The quantitative estimate of drug-likeness (QED) is 0.523. The van der Waals surface area contributed by atoms with Crippen molar-refractivity contribution in [3.63, 3.8) is 0 Å². The standard InChI is InChI=1S/C22H20F3N/c1-26(2)20-14-10-18(11-15-20)21(16-6-4-3-5-7-16)17-8-12-19(13-9-17)22(23,24)25/h3-15,21H,1-2H3. The molecule has 1 atom stereocenters. The van der Waals surface area contributed by atoms with Crippen molar-refractivity contribution in [2.45, 2.75) is 12.1 Å². The van der Waals surface area contributed by atoms with Gasteiger partial charge in [0.05, 0.1) is 5.56 Å². The van der Waals surface area contributed by atoms with Crippen LogP contribution >= 0.6 is 0 Å². The summed E-state index contributed by atoms with van der Waals surface area (Å²) in [4.78, 5) is 2.01. The minimum absolute atomic E-state index is 0.116. The molecule has 0 radical (unpaired) electrons. The highest BCUT2D eigenvalue weighted by Gasteiger charge is 2.30. The maximum atomic E-state index is 12.9. The number of benzene rings is 3. The van der Waals surface area contributed by atoms with E-state index in [1.807, 2.05) is 73.6 Å². The normalized spacial score (nSPS) is 12.7. The van der Waals surface area contributed by atoms with Gasteiger partial charge in [-0.25, -0.2) is 0 Å². The molecular weight excluding hydrogens is 335 g/mol. The average Bonchev–Trinajstić information content (AvgIpc) is 2.63. The number of alkyl halides is 3. The maximum Gasteiger partial charge on any atom is 0.416 e. The number of rotatable bonds is 4. The highest BCUT2D eigenvalue weighted by molar-refractivity contribution is 5.50. The molecule has 3 aromatic carbocycles. The van der Waals surface area contributed by atoms with Crippen molar-refractivity contribution in [3.8, 4) is 0 Å². The third-order valence-electron chi connectivity index (χ3n) is 4.45. The topological polar surface area (TPSA) is 3.24 Å². The van der Waals surface area contributed by atoms with Crippen LogP contribution in [0.4, 0.5) is 18.9 Å². The Hall–Kier alpha value is -2.75. The second kappa shape index (κ2) is 7.24. The van der Waals surface area contributed by atoms with Crippen LogP contribution in [-0.4, -0.2) is 14.1 Å². The van der Waals surface area contributed by atoms with E-state index >= 15 is 0 Å². The van der Waals surface area contributed by atoms with Gasteiger partial charge in [-0.1, -0.05) is 54.6 Å². The zero-order valence-corrected chi connectivity index (χ0v) is 14.7. The molecule has 1 nitrogen and oxygen atoms in total. The molecule has 3 aromatic rings. The summed E-state index contributed by atoms with van der Waals surface area (Å²) in [6, 6.07) is 23.4. The summed E-state index contributed by atoms with van der Waals surface area (Å²) in [5, 5.41) is 0. The molecule has 0 aromatic heterocycles.